The lowest BCUT2D eigenvalue weighted by Gasteiger charge is -2.41. The maximum atomic E-state index is 13.4. The second kappa shape index (κ2) is 9.86. The van der Waals surface area contributed by atoms with E-state index in [1.807, 2.05) is 54.3 Å². The van der Waals surface area contributed by atoms with Crippen molar-refractivity contribution >= 4 is 41.0 Å². The fourth-order valence-electron chi connectivity index (χ4n) is 4.88. The molecule has 0 saturated carbocycles. The van der Waals surface area contributed by atoms with E-state index in [-0.39, 0.29) is 17.9 Å². The van der Waals surface area contributed by atoms with Gasteiger partial charge in [0.25, 0.3) is 11.8 Å². The Morgan fingerprint density at radius 1 is 0.972 bits per heavy atom. The number of rotatable bonds is 3. The predicted octanol–water partition coefficient (Wildman–Crippen LogP) is 5.76. The van der Waals surface area contributed by atoms with E-state index in [9.17, 15) is 9.59 Å². The summed E-state index contributed by atoms with van der Waals surface area (Å²) in [7, 11) is 1.78. The van der Waals surface area contributed by atoms with Crippen LogP contribution >= 0.6 is 11.8 Å². The molecule has 1 fully saturated rings. The standard InChI is InChI=1S/C30H31N3O2S/c1-20-8-11-25(12-9-20)33-15-14-32(19-22(33)3)29(34)24-10-13-27-26(18-24)31(4)30(35)28(36-27)17-23-7-5-6-21(2)16-23/h5-13,16-18,22H,14-15,19H2,1-4H3/b28-17-/t22-/m1/s1. The molecule has 2 amide bonds. The van der Waals surface area contributed by atoms with Crippen LogP contribution in [0.1, 0.15) is 34.0 Å². The molecule has 0 N–H and O–H groups in total. The van der Waals surface area contributed by atoms with Gasteiger partial charge in [-0.05, 0) is 62.7 Å². The zero-order valence-electron chi connectivity index (χ0n) is 21.2. The Morgan fingerprint density at radius 2 is 1.75 bits per heavy atom. The van der Waals surface area contributed by atoms with E-state index in [1.54, 1.807) is 11.9 Å². The molecule has 184 valence electrons. The molecule has 1 saturated heterocycles. The molecule has 36 heavy (non-hydrogen) atoms. The highest BCUT2D eigenvalue weighted by Gasteiger charge is 2.30. The average molecular weight is 498 g/mol. The first-order chi connectivity index (χ1) is 17.3. The van der Waals surface area contributed by atoms with Gasteiger partial charge >= 0.3 is 0 Å². The zero-order chi connectivity index (χ0) is 25.4. The molecule has 3 aromatic rings. The Hall–Kier alpha value is -3.51. The fraction of sp³-hybridized carbons (Fsp3) is 0.267. The van der Waals surface area contributed by atoms with E-state index in [0.717, 1.165) is 28.3 Å². The van der Waals surface area contributed by atoms with E-state index < -0.39 is 0 Å². The van der Waals surface area contributed by atoms with Crippen LogP contribution in [0, 0.1) is 13.8 Å². The van der Waals surface area contributed by atoms with Crippen molar-refractivity contribution in [2.45, 2.75) is 31.7 Å². The summed E-state index contributed by atoms with van der Waals surface area (Å²) in [6.07, 6.45) is 1.94. The summed E-state index contributed by atoms with van der Waals surface area (Å²) >= 11 is 1.46. The Balaban J connectivity index is 1.33. The summed E-state index contributed by atoms with van der Waals surface area (Å²) < 4.78 is 0. The van der Waals surface area contributed by atoms with Crippen molar-refractivity contribution in [2.24, 2.45) is 0 Å². The number of amides is 2. The second-order valence-electron chi connectivity index (χ2n) is 9.70. The van der Waals surface area contributed by atoms with E-state index in [2.05, 4.69) is 49.1 Å². The quantitative estimate of drug-likeness (QED) is 0.431. The Kier molecular flexibility index (Phi) is 6.63. The van der Waals surface area contributed by atoms with Gasteiger partial charge in [-0.1, -0.05) is 59.3 Å². The number of anilines is 2. The van der Waals surface area contributed by atoms with E-state index in [4.69, 9.17) is 0 Å². The van der Waals surface area contributed by atoms with Crippen LogP contribution in [0.3, 0.4) is 0 Å². The van der Waals surface area contributed by atoms with Crippen molar-refractivity contribution in [1.29, 1.82) is 0 Å². The maximum absolute atomic E-state index is 13.4. The van der Waals surface area contributed by atoms with Crippen molar-refractivity contribution in [3.8, 4) is 0 Å². The molecule has 2 aliphatic heterocycles. The number of fused-ring (bicyclic) bond motifs is 1. The largest absolute Gasteiger partial charge is 0.365 e. The first-order valence-corrected chi connectivity index (χ1v) is 13.1. The third kappa shape index (κ3) is 4.78. The lowest BCUT2D eigenvalue weighted by atomic mass is 10.1. The lowest BCUT2D eigenvalue weighted by molar-refractivity contribution is -0.114. The number of hydrogen-bond donors (Lipinski definition) is 0. The van der Waals surface area contributed by atoms with Crippen LogP contribution in [0.5, 0.6) is 0 Å². The van der Waals surface area contributed by atoms with Crippen molar-refractivity contribution in [1.82, 2.24) is 4.90 Å². The minimum absolute atomic E-state index is 0.0140. The number of benzene rings is 3. The van der Waals surface area contributed by atoms with Gasteiger partial charge in [0.05, 0.1) is 10.6 Å². The number of likely N-dealkylation sites (N-methyl/N-ethyl adjacent to an activating group) is 1. The summed E-state index contributed by atoms with van der Waals surface area (Å²) in [4.78, 5) is 34.2. The van der Waals surface area contributed by atoms with Crippen molar-refractivity contribution in [2.75, 3.05) is 36.5 Å². The van der Waals surface area contributed by atoms with Crippen LogP contribution in [0.25, 0.3) is 6.08 Å². The smallest absolute Gasteiger partial charge is 0.264 e. The molecule has 5 nitrogen and oxygen atoms in total. The fourth-order valence-corrected chi connectivity index (χ4v) is 5.98. The molecule has 0 aliphatic carbocycles. The monoisotopic (exact) mass is 497 g/mol. The topological polar surface area (TPSA) is 43.9 Å². The van der Waals surface area contributed by atoms with Crippen LogP contribution in [-0.4, -0.2) is 49.4 Å². The maximum Gasteiger partial charge on any atom is 0.264 e. The number of aryl methyl sites for hydroxylation is 2. The number of nitrogens with zero attached hydrogens (tertiary/aromatic N) is 3. The molecule has 0 bridgehead atoms. The molecule has 2 aliphatic rings. The van der Waals surface area contributed by atoms with Gasteiger partial charge in [-0.25, -0.2) is 0 Å². The van der Waals surface area contributed by atoms with E-state index in [0.29, 0.717) is 23.6 Å². The first kappa shape index (κ1) is 24.2. The predicted molar refractivity (Wildman–Crippen MR) is 149 cm³/mol. The summed E-state index contributed by atoms with van der Waals surface area (Å²) in [5.74, 6) is -0.0425. The van der Waals surface area contributed by atoms with Crippen LogP contribution in [0.4, 0.5) is 11.4 Å². The van der Waals surface area contributed by atoms with Crippen molar-refractivity contribution in [3.05, 3.63) is 93.9 Å². The normalized spacial score (nSPS) is 19.0. The van der Waals surface area contributed by atoms with Crippen LogP contribution in [-0.2, 0) is 4.79 Å². The van der Waals surface area contributed by atoms with Crippen LogP contribution in [0.15, 0.2) is 76.5 Å². The molecular formula is C30H31N3O2S. The SMILES string of the molecule is Cc1ccc(N2CCN(C(=O)c3ccc4c(c3)N(C)C(=O)/C(=C/c3cccc(C)c3)S4)C[C@H]2C)cc1. The van der Waals surface area contributed by atoms with Gasteiger partial charge in [-0.3, -0.25) is 9.59 Å². The minimum Gasteiger partial charge on any atom is -0.365 e. The Morgan fingerprint density at radius 3 is 2.47 bits per heavy atom. The molecule has 3 aromatic carbocycles. The molecule has 0 spiro atoms. The van der Waals surface area contributed by atoms with Crippen molar-refractivity contribution in [3.63, 3.8) is 0 Å². The molecule has 0 radical (unpaired) electrons. The van der Waals surface area contributed by atoms with Gasteiger partial charge in [0.2, 0.25) is 0 Å². The highest BCUT2D eigenvalue weighted by atomic mass is 32.2. The number of piperazine rings is 1. The van der Waals surface area contributed by atoms with E-state index in [1.165, 1.54) is 23.0 Å². The molecule has 5 rings (SSSR count). The summed E-state index contributed by atoms with van der Waals surface area (Å²) in [5, 5.41) is 0. The number of hydrogen-bond acceptors (Lipinski definition) is 4. The van der Waals surface area contributed by atoms with Crippen LogP contribution in [0.2, 0.25) is 0 Å². The molecular weight excluding hydrogens is 466 g/mol. The molecule has 6 heteroatoms. The third-order valence-corrected chi connectivity index (χ3v) is 8.00. The summed E-state index contributed by atoms with van der Waals surface area (Å²) in [5.41, 5.74) is 6.00. The molecule has 2 heterocycles. The lowest BCUT2D eigenvalue weighted by Crippen LogP contribution is -2.53. The van der Waals surface area contributed by atoms with Crippen LogP contribution < -0.4 is 9.80 Å². The number of carbonyl (C=O) groups excluding carboxylic acids is 2. The highest BCUT2D eigenvalue weighted by Crippen LogP contribution is 2.42. The molecule has 1 atom stereocenters. The molecule has 0 unspecified atom stereocenters. The molecule has 0 aromatic heterocycles. The third-order valence-electron chi connectivity index (χ3n) is 6.92. The van der Waals surface area contributed by atoms with Gasteiger partial charge in [0.1, 0.15) is 0 Å². The Bertz CT molecular complexity index is 1350. The van der Waals surface area contributed by atoms with Gasteiger partial charge in [0.15, 0.2) is 0 Å². The Labute approximate surface area is 217 Å². The second-order valence-corrected chi connectivity index (χ2v) is 10.8. The summed E-state index contributed by atoms with van der Waals surface area (Å²) in [6.45, 7) is 8.42. The number of carbonyl (C=O) groups is 2. The van der Waals surface area contributed by atoms with Gasteiger partial charge < -0.3 is 14.7 Å². The average Bonchev–Trinajstić information content (AvgIpc) is 2.87. The van der Waals surface area contributed by atoms with E-state index >= 15 is 0 Å². The van der Waals surface area contributed by atoms with Gasteiger partial charge in [0, 0.05) is 48.9 Å². The first-order valence-electron chi connectivity index (χ1n) is 12.3. The summed E-state index contributed by atoms with van der Waals surface area (Å²) in [6, 6.07) is 22.6. The highest BCUT2D eigenvalue weighted by molar-refractivity contribution is 8.04. The van der Waals surface area contributed by atoms with Gasteiger partial charge in [-0.2, -0.15) is 0 Å². The van der Waals surface area contributed by atoms with Crippen molar-refractivity contribution < 1.29 is 9.59 Å². The minimum atomic E-state index is -0.0565. The van der Waals surface area contributed by atoms with Gasteiger partial charge in [-0.15, -0.1) is 0 Å². The number of thioether (sulfide) groups is 1. The zero-order valence-corrected chi connectivity index (χ0v) is 22.0.